The van der Waals surface area contributed by atoms with Gasteiger partial charge in [0.2, 0.25) is 11.8 Å². The Bertz CT molecular complexity index is 1510. The number of nitrogens with one attached hydrogen (secondary N) is 4. The van der Waals surface area contributed by atoms with Crippen LogP contribution in [0.5, 0.6) is 0 Å². The minimum absolute atomic E-state index is 0.491. The van der Waals surface area contributed by atoms with Crippen LogP contribution in [0.1, 0.15) is 18.5 Å². The Morgan fingerprint density at radius 3 is 2.54 bits per heavy atom. The molecular formula is C27H28N10. The van der Waals surface area contributed by atoms with E-state index in [1.54, 1.807) is 10.7 Å². The smallest absolute Gasteiger partial charge is 0.229 e. The highest BCUT2D eigenvalue weighted by molar-refractivity contribution is 5.74. The highest BCUT2D eigenvalue weighted by atomic mass is 15.3. The fraction of sp³-hybridized carbons (Fsp3) is 0.222. The van der Waals surface area contributed by atoms with Crippen LogP contribution in [0.15, 0.2) is 73.1 Å². The Kier molecular flexibility index (Phi) is 6.30. The van der Waals surface area contributed by atoms with Crippen LogP contribution in [0.4, 0.5) is 29.0 Å². The van der Waals surface area contributed by atoms with Crippen molar-refractivity contribution in [3.05, 3.63) is 78.8 Å². The molecule has 10 heteroatoms. The van der Waals surface area contributed by atoms with Crippen LogP contribution in [0.3, 0.4) is 0 Å². The second-order valence-electron chi connectivity index (χ2n) is 9.05. The van der Waals surface area contributed by atoms with Crippen LogP contribution in [-0.4, -0.2) is 48.7 Å². The minimum atomic E-state index is 0.491. The molecule has 1 saturated heterocycles. The van der Waals surface area contributed by atoms with E-state index in [0.29, 0.717) is 35.1 Å². The first-order valence-corrected chi connectivity index (χ1v) is 12.4. The van der Waals surface area contributed by atoms with E-state index in [-0.39, 0.29) is 0 Å². The maximum atomic E-state index is 4.75. The lowest BCUT2D eigenvalue weighted by Crippen LogP contribution is -2.35. The number of pyridine rings is 1. The molecule has 0 unspecified atom stereocenters. The fourth-order valence-electron chi connectivity index (χ4n) is 4.39. The molecule has 10 nitrogen and oxygen atoms in total. The van der Waals surface area contributed by atoms with E-state index in [9.17, 15) is 0 Å². The summed E-state index contributed by atoms with van der Waals surface area (Å²) in [5.41, 5.74) is 4.48. The fourth-order valence-corrected chi connectivity index (χ4v) is 4.39. The third-order valence-corrected chi connectivity index (χ3v) is 6.26. The molecule has 1 aromatic carbocycles. The normalized spacial score (nSPS) is 14.0. The van der Waals surface area contributed by atoms with E-state index in [2.05, 4.69) is 53.5 Å². The first-order chi connectivity index (χ1) is 18.2. The van der Waals surface area contributed by atoms with E-state index >= 15 is 0 Å². The minimum Gasteiger partial charge on any atom is -0.382 e. The van der Waals surface area contributed by atoms with Crippen molar-refractivity contribution in [2.45, 2.75) is 25.8 Å². The molecule has 0 atom stereocenters. The predicted octanol–water partition coefficient (Wildman–Crippen LogP) is 4.54. The van der Waals surface area contributed by atoms with E-state index in [0.717, 1.165) is 48.5 Å². The first-order valence-electron chi connectivity index (χ1n) is 12.4. The van der Waals surface area contributed by atoms with E-state index < -0.39 is 0 Å². The van der Waals surface area contributed by atoms with Crippen LogP contribution in [0.25, 0.3) is 17.0 Å². The second kappa shape index (κ2) is 10.2. The Balaban J connectivity index is 1.19. The summed E-state index contributed by atoms with van der Waals surface area (Å²) >= 11 is 0. The predicted molar refractivity (Wildman–Crippen MR) is 146 cm³/mol. The van der Waals surface area contributed by atoms with Gasteiger partial charge in [-0.2, -0.15) is 4.98 Å². The molecule has 6 rings (SSSR count). The standard InChI is InChI=1S/C27H28N10/c1-18-4-2-5-22(30-18)25-35-26(23-6-3-17-37(23)36-25)33-24-13-16-29-27(34-24)32-20-9-7-19(8-10-20)31-21-11-14-28-15-12-21/h2-10,13,16-17,21,28,31H,11-12,14-15H2,1H3,(H2,29,32,33,34,35,36). The van der Waals surface area contributed by atoms with Crippen LogP contribution in [0, 0.1) is 6.92 Å². The summed E-state index contributed by atoms with van der Waals surface area (Å²) in [5.74, 6) is 2.27. The number of rotatable bonds is 7. The first kappa shape index (κ1) is 22.9. The summed E-state index contributed by atoms with van der Waals surface area (Å²) < 4.78 is 1.79. The summed E-state index contributed by atoms with van der Waals surface area (Å²) in [7, 11) is 0. The van der Waals surface area contributed by atoms with Gasteiger partial charge in [-0.05, 0) is 87.5 Å². The van der Waals surface area contributed by atoms with Crippen molar-refractivity contribution >= 4 is 34.5 Å². The second-order valence-corrected chi connectivity index (χ2v) is 9.05. The zero-order valence-electron chi connectivity index (χ0n) is 20.5. The topological polar surface area (TPSA) is 117 Å². The van der Waals surface area contributed by atoms with Gasteiger partial charge in [0.25, 0.3) is 0 Å². The lowest BCUT2D eigenvalue weighted by atomic mass is 10.1. The molecule has 37 heavy (non-hydrogen) atoms. The Morgan fingerprint density at radius 2 is 1.70 bits per heavy atom. The number of piperidine rings is 1. The maximum absolute atomic E-state index is 4.75. The van der Waals surface area contributed by atoms with Crippen molar-refractivity contribution < 1.29 is 0 Å². The third kappa shape index (κ3) is 5.34. The highest BCUT2D eigenvalue weighted by Gasteiger charge is 2.13. The largest absolute Gasteiger partial charge is 0.382 e. The quantitative estimate of drug-likeness (QED) is 0.260. The zero-order valence-corrected chi connectivity index (χ0v) is 20.5. The van der Waals surface area contributed by atoms with Gasteiger partial charge in [-0.3, -0.25) is 0 Å². The molecule has 4 N–H and O–H groups in total. The summed E-state index contributed by atoms with van der Waals surface area (Å²) in [6, 6.07) is 20.2. The SMILES string of the molecule is Cc1cccc(-c2nc(Nc3ccnc(Nc4ccc(NC5CCNCC5)cc4)n3)c3cccn3n2)n1. The van der Waals surface area contributed by atoms with Gasteiger partial charge in [0.15, 0.2) is 5.82 Å². The van der Waals surface area contributed by atoms with E-state index in [1.807, 2.05) is 61.7 Å². The Morgan fingerprint density at radius 1 is 0.865 bits per heavy atom. The number of fused-ring (bicyclic) bond motifs is 1. The van der Waals surface area contributed by atoms with Gasteiger partial charge in [0, 0.05) is 35.5 Å². The van der Waals surface area contributed by atoms with Crippen molar-refractivity contribution in [1.29, 1.82) is 0 Å². The van der Waals surface area contributed by atoms with Gasteiger partial charge in [0.1, 0.15) is 17.0 Å². The molecule has 0 bridgehead atoms. The molecule has 1 aliphatic rings. The van der Waals surface area contributed by atoms with Crippen LogP contribution >= 0.6 is 0 Å². The number of aryl methyl sites for hydroxylation is 1. The monoisotopic (exact) mass is 492 g/mol. The number of benzene rings is 1. The molecular weight excluding hydrogens is 464 g/mol. The molecule has 1 fully saturated rings. The summed E-state index contributed by atoms with van der Waals surface area (Å²) in [4.78, 5) is 18.4. The van der Waals surface area contributed by atoms with Gasteiger partial charge < -0.3 is 21.3 Å². The lowest BCUT2D eigenvalue weighted by Gasteiger charge is -2.24. The lowest BCUT2D eigenvalue weighted by molar-refractivity contribution is 0.479. The maximum Gasteiger partial charge on any atom is 0.229 e. The molecule has 1 aliphatic heterocycles. The molecule has 4 aromatic heterocycles. The van der Waals surface area contributed by atoms with Crippen molar-refractivity contribution in [3.8, 4) is 11.5 Å². The molecule has 5 heterocycles. The third-order valence-electron chi connectivity index (χ3n) is 6.26. The molecule has 0 spiro atoms. The summed E-state index contributed by atoms with van der Waals surface area (Å²) in [5, 5.41) is 18.2. The van der Waals surface area contributed by atoms with Crippen LogP contribution in [-0.2, 0) is 0 Å². The molecule has 0 saturated carbocycles. The molecule has 5 aromatic rings. The van der Waals surface area contributed by atoms with Crippen molar-refractivity contribution in [1.82, 2.24) is 34.9 Å². The van der Waals surface area contributed by atoms with Crippen LogP contribution < -0.4 is 21.3 Å². The summed E-state index contributed by atoms with van der Waals surface area (Å²) in [6.45, 7) is 4.08. The molecule has 186 valence electrons. The average Bonchev–Trinajstić information content (AvgIpc) is 3.40. The average molecular weight is 493 g/mol. The Hall–Kier alpha value is -4.57. The van der Waals surface area contributed by atoms with E-state index in [1.165, 1.54) is 0 Å². The van der Waals surface area contributed by atoms with E-state index in [4.69, 9.17) is 4.98 Å². The van der Waals surface area contributed by atoms with Gasteiger partial charge in [-0.1, -0.05) is 6.07 Å². The van der Waals surface area contributed by atoms with Crippen molar-refractivity contribution in [3.63, 3.8) is 0 Å². The van der Waals surface area contributed by atoms with Gasteiger partial charge in [-0.15, -0.1) is 5.10 Å². The van der Waals surface area contributed by atoms with Crippen molar-refractivity contribution in [2.24, 2.45) is 0 Å². The zero-order chi connectivity index (χ0) is 25.0. The van der Waals surface area contributed by atoms with Crippen LogP contribution in [0.2, 0.25) is 0 Å². The highest BCUT2D eigenvalue weighted by Crippen LogP contribution is 2.24. The number of hydrogen-bond acceptors (Lipinski definition) is 9. The molecule has 0 radical (unpaired) electrons. The number of nitrogens with zero attached hydrogens (tertiary/aromatic N) is 6. The number of anilines is 5. The number of aromatic nitrogens is 6. The van der Waals surface area contributed by atoms with Gasteiger partial charge in [-0.25, -0.2) is 19.5 Å². The van der Waals surface area contributed by atoms with Gasteiger partial charge in [0.05, 0.1) is 0 Å². The van der Waals surface area contributed by atoms with Gasteiger partial charge >= 0.3 is 0 Å². The Labute approximate surface area is 214 Å². The van der Waals surface area contributed by atoms with Crippen molar-refractivity contribution in [2.75, 3.05) is 29.0 Å². The molecule has 0 aliphatic carbocycles. The summed E-state index contributed by atoms with van der Waals surface area (Å²) in [6.07, 6.45) is 5.87. The molecule has 0 amide bonds. The number of hydrogen-bond donors (Lipinski definition) is 4.